The zero-order valence-corrected chi connectivity index (χ0v) is 69.3. The van der Waals surface area contributed by atoms with Gasteiger partial charge in [0.1, 0.15) is 96.9 Å². The normalized spacial score (nSPS) is 13.1. The summed E-state index contributed by atoms with van der Waals surface area (Å²) >= 11 is 22.3. The van der Waals surface area contributed by atoms with Crippen molar-refractivity contribution in [3.63, 3.8) is 0 Å². The lowest BCUT2D eigenvalue weighted by molar-refractivity contribution is -0.00576. The number of hydrogen-bond acceptors (Lipinski definition) is 19. The van der Waals surface area contributed by atoms with Gasteiger partial charge in [-0.15, -0.1) is 6.58 Å². The topological polar surface area (TPSA) is 269 Å². The molecule has 606 valence electrons. The van der Waals surface area contributed by atoms with Crippen LogP contribution in [0, 0.1) is 76.4 Å². The summed E-state index contributed by atoms with van der Waals surface area (Å²) in [5.74, 6) is -4.81. The molecular weight excluding hydrogens is 1650 g/mol. The zero-order valence-electron chi connectivity index (χ0n) is 65.5. The van der Waals surface area contributed by atoms with E-state index in [-0.39, 0.29) is 93.2 Å². The number of rotatable bonds is 19. The van der Waals surface area contributed by atoms with Gasteiger partial charge in [0.25, 0.3) is 16.7 Å². The van der Waals surface area contributed by atoms with Crippen LogP contribution in [0.1, 0.15) is 111 Å². The van der Waals surface area contributed by atoms with Crippen LogP contribution in [0.3, 0.4) is 0 Å². The highest BCUT2D eigenvalue weighted by atomic mass is 79.9. The maximum atomic E-state index is 13.9. The van der Waals surface area contributed by atoms with Gasteiger partial charge in [0.2, 0.25) is 0 Å². The third-order valence-electron chi connectivity index (χ3n) is 18.5. The fraction of sp³-hybridized carbons (Fsp3) is 0.238. The highest BCUT2D eigenvalue weighted by Crippen LogP contribution is 2.39. The molecule has 0 aliphatic carbocycles. The highest BCUT2D eigenvalue weighted by molar-refractivity contribution is 9.10. The van der Waals surface area contributed by atoms with Gasteiger partial charge in [-0.2, -0.15) is 0 Å². The van der Waals surface area contributed by atoms with Crippen LogP contribution in [0.2, 0.25) is 15.1 Å². The number of aryl methyl sites for hydroxylation is 6. The molecule has 1 aliphatic rings. The van der Waals surface area contributed by atoms with Gasteiger partial charge in [-0.1, -0.05) is 65.1 Å². The molecule has 1 saturated heterocycles. The van der Waals surface area contributed by atoms with Crippen LogP contribution in [0.5, 0.6) is 17.2 Å². The van der Waals surface area contributed by atoms with Crippen molar-refractivity contribution in [2.75, 3.05) is 6.61 Å². The molecule has 0 bridgehead atoms. The molecule has 0 saturated carbocycles. The number of pyridine rings is 12. The van der Waals surface area contributed by atoms with E-state index in [0.29, 0.717) is 96.7 Å². The number of nitrogens with zero attached hydrogens (tertiary/aromatic N) is 12. The molecule has 0 aromatic carbocycles. The molecule has 0 radical (unpaired) electrons. The summed E-state index contributed by atoms with van der Waals surface area (Å²) in [5, 5.41) is 19.2. The van der Waals surface area contributed by atoms with Crippen molar-refractivity contribution in [1.29, 1.82) is 0 Å². The van der Waals surface area contributed by atoms with E-state index >= 15 is 0 Å². The van der Waals surface area contributed by atoms with E-state index < -0.39 is 63.8 Å². The molecule has 117 heavy (non-hydrogen) atoms. The van der Waals surface area contributed by atoms with Crippen molar-refractivity contribution < 1.29 is 60.1 Å². The van der Waals surface area contributed by atoms with Crippen molar-refractivity contribution >= 4 is 63.4 Å². The molecule has 0 unspecified atom stereocenters. The van der Waals surface area contributed by atoms with Gasteiger partial charge < -0.3 is 33.7 Å². The van der Waals surface area contributed by atoms with Gasteiger partial charge in [-0.25, -0.2) is 41.3 Å². The summed E-state index contributed by atoms with van der Waals surface area (Å²) in [4.78, 5) is 77.4. The van der Waals surface area contributed by atoms with Gasteiger partial charge in [0.15, 0.2) is 17.5 Å². The first kappa shape index (κ1) is 88.3. The third-order valence-corrected chi connectivity index (χ3v) is 20.0. The van der Waals surface area contributed by atoms with Crippen LogP contribution in [-0.4, -0.2) is 93.7 Å². The second-order valence-electron chi connectivity index (χ2n) is 28.3. The molecule has 33 heteroatoms. The Morgan fingerprint density at radius 3 is 1.15 bits per heavy atom. The average Bonchev–Trinajstić information content (AvgIpc) is 1.68. The standard InChI is InChI=1S/C26H23ClF2N4O4.C26H21ClF2N4O2.C23H16BrClF2N4O2.C9H17BO2/c1-14-10-30-19(18-5-4-6-23(32-18)26(3,36)13-34)9-21(14)33-15(2)7-22(24(27)25(33)35)37-12-20-17(29)8-16(28)11-31-20;1-14(2)19-6-5-7-20(32-19)21-10-23(15(3)11-30-21)33-16(4)8-24(25(27)26(33)34)35-13-22-18(29)9-17(28)12-31-22;1-12-9-28-17(16-4-3-5-21(24)30-16)8-19(12)31-13(2)6-20(22(25)23(31)32)33-11-18-15(27)7-14(26)10-29-18;1-7(2)10-11-8(3,4)9(5,6)12-10/h4-11,34,36H,12-13H2,1-3H3;5-12H,1,13H2,2-4H3;3-10H,11H2,1-2H3;1H2,2-6H3/t26-;;;/m1.../s1. The number of aliphatic hydroxyl groups excluding tert-OH is 1. The number of allylic oxidation sites excluding steroid dienone is 2. The fourth-order valence-electron chi connectivity index (χ4n) is 11.4. The smallest absolute Gasteiger partial charge is 0.485 e. The number of hydrogen-bond donors (Lipinski definition) is 2. The molecule has 12 aromatic heterocycles. The number of aliphatic hydroxyl groups is 2. The fourth-order valence-corrected chi connectivity index (χ4v) is 12.3. The van der Waals surface area contributed by atoms with Crippen LogP contribution in [0.4, 0.5) is 26.3 Å². The van der Waals surface area contributed by atoms with E-state index in [0.717, 1.165) is 46.5 Å². The van der Waals surface area contributed by atoms with Gasteiger partial charge in [0, 0.05) is 72.1 Å². The van der Waals surface area contributed by atoms with Crippen LogP contribution < -0.4 is 30.9 Å². The minimum absolute atomic E-state index is 0.0264. The Bertz CT molecular complexity index is 6010. The molecule has 1 atom stereocenters. The maximum absolute atomic E-state index is 13.9. The van der Waals surface area contributed by atoms with E-state index in [1.54, 1.807) is 101 Å². The van der Waals surface area contributed by atoms with Crippen molar-refractivity contribution in [3.05, 3.63) is 313 Å². The van der Waals surface area contributed by atoms with Crippen LogP contribution >= 0.6 is 50.7 Å². The Morgan fingerprint density at radius 1 is 0.496 bits per heavy atom. The third kappa shape index (κ3) is 20.7. The van der Waals surface area contributed by atoms with E-state index in [2.05, 4.69) is 73.9 Å². The molecule has 1 fully saturated rings. The Labute approximate surface area is 692 Å². The van der Waals surface area contributed by atoms with Gasteiger partial charge in [0.05, 0.1) is 99.0 Å². The monoisotopic (exact) mass is 1720 g/mol. The number of aromatic nitrogens is 12. The van der Waals surface area contributed by atoms with Crippen molar-refractivity contribution in [1.82, 2.24) is 58.6 Å². The van der Waals surface area contributed by atoms with E-state index in [4.69, 9.17) is 58.3 Å². The molecule has 12 aromatic rings. The Kier molecular flexibility index (Phi) is 27.9. The SMILES string of the molecule is C=C(C)B1OC(C)(C)C(C)(C)O1.C=C(C)c1cccc(-c2cc(-n3c(C)cc(OCc4ncc(F)cc4F)c(Cl)c3=O)c(C)cn2)n1.Cc1cnc(-c2cccc(Br)n2)cc1-n1c(C)cc(OCc2ncc(F)cc2F)c(Cl)c1=O.Cc1cnc(-c2cccc([C@](C)(O)CO)n2)cc1-n1c(C)cc(OCc2ncc(F)cc2F)c(Cl)c1=O. The predicted molar refractivity (Wildman–Crippen MR) is 438 cm³/mol. The Hall–Kier alpha value is -11.1. The van der Waals surface area contributed by atoms with Crippen molar-refractivity contribution in [3.8, 4) is 68.5 Å². The first-order chi connectivity index (χ1) is 55.2. The van der Waals surface area contributed by atoms with Crippen molar-refractivity contribution in [2.45, 2.75) is 127 Å². The second kappa shape index (κ2) is 37.0. The van der Waals surface area contributed by atoms with Gasteiger partial charge >= 0.3 is 7.12 Å². The lowest BCUT2D eigenvalue weighted by atomic mass is 9.81. The Morgan fingerprint density at radius 2 is 0.829 bits per heavy atom. The number of halogens is 10. The average molecular weight is 1730 g/mol. The summed E-state index contributed by atoms with van der Waals surface area (Å²) in [6.07, 6.45) is 7.53. The van der Waals surface area contributed by atoms with E-state index in [1.165, 1.54) is 26.7 Å². The molecule has 22 nitrogen and oxygen atoms in total. The summed E-state index contributed by atoms with van der Waals surface area (Å²) in [5.41, 5.74) is 7.46. The van der Waals surface area contributed by atoms with Crippen LogP contribution in [0.25, 0.3) is 56.8 Å². The molecule has 13 rings (SSSR count). The molecule has 0 spiro atoms. The second-order valence-corrected chi connectivity index (χ2v) is 30.2. The van der Waals surface area contributed by atoms with Gasteiger partial charge in [-0.05, 0) is 183 Å². The summed E-state index contributed by atoms with van der Waals surface area (Å²) in [6.45, 7) is 30.2. The molecule has 2 N–H and O–H groups in total. The van der Waals surface area contributed by atoms with E-state index in [9.17, 15) is 50.9 Å². The predicted octanol–water partition coefficient (Wildman–Crippen LogP) is 17.6. The quantitative estimate of drug-likeness (QED) is 0.0432. The van der Waals surface area contributed by atoms with E-state index in [1.807, 2.05) is 85.7 Å². The van der Waals surface area contributed by atoms with Crippen LogP contribution in [0.15, 0.2) is 184 Å². The Balaban J connectivity index is 0.000000173. The molecule has 1 aliphatic heterocycles. The lowest BCUT2D eigenvalue weighted by Crippen LogP contribution is -2.41. The van der Waals surface area contributed by atoms with Gasteiger partial charge in [-0.3, -0.25) is 58.0 Å². The zero-order chi connectivity index (χ0) is 85.4. The minimum Gasteiger partial charge on any atom is -0.485 e. The maximum Gasteiger partial charge on any atom is 0.489 e. The van der Waals surface area contributed by atoms with Crippen LogP contribution in [-0.2, 0) is 34.7 Å². The minimum atomic E-state index is -1.53. The molecule has 13 heterocycles. The first-order valence-corrected chi connectivity index (χ1v) is 37.6. The molecular formula is C84H77BBrCl3F6N12O10. The van der Waals surface area contributed by atoms with Crippen molar-refractivity contribution in [2.24, 2.45) is 0 Å². The summed E-state index contributed by atoms with van der Waals surface area (Å²) in [7, 11) is -0.241. The summed E-state index contributed by atoms with van der Waals surface area (Å²) < 4.78 is 114. The first-order valence-electron chi connectivity index (χ1n) is 35.7. The molecule has 0 amide bonds. The highest BCUT2D eigenvalue weighted by Gasteiger charge is 2.51. The largest absolute Gasteiger partial charge is 0.489 e. The lowest BCUT2D eigenvalue weighted by Gasteiger charge is -2.32. The summed E-state index contributed by atoms with van der Waals surface area (Å²) in [6, 6.07) is 28.0. The number of ether oxygens (including phenoxy) is 3.